The zero-order valence-corrected chi connectivity index (χ0v) is 14.6. The highest BCUT2D eigenvalue weighted by atomic mass is 19.1. The molecule has 2 unspecified atom stereocenters. The van der Waals surface area contributed by atoms with Crippen molar-refractivity contribution in [1.29, 1.82) is 0 Å². The van der Waals surface area contributed by atoms with Crippen LogP contribution in [0.1, 0.15) is 20.3 Å². The SMILES string of the molecule is C=C(C)Nc1c(F)cc(F)c(-c2cccc(NC3=CC4(C)CC34)c2)c1F. The van der Waals surface area contributed by atoms with E-state index in [1.807, 2.05) is 6.07 Å². The number of hydrogen-bond donors (Lipinski definition) is 2. The standard InChI is InChI=1S/C21H19F3N2/c1-11(2)25-20-16(23)8-15(22)18(19(20)24)12-5-4-6-13(7-12)26-17-10-21(3)9-14(17)21/h4-8,10,14,25-26H,1,9H2,2-3H3. The number of rotatable bonds is 5. The van der Waals surface area contributed by atoms with Crippen LogP contribution in [0.3, 0.4) is 0 Å². The highest BCUT2D eigenvalue weighted by molar-refractivity contribution is 5.74. The van der Waals surface area contributed by atoms with Gasteiger partial charge < -0.3 is 10.6 Å². The Hall–Kier alpha value is -2.69. The fraction of sp³-hybridized carbons (Fsp3) is 0.238. The molecule has 5 heteroatoms. The minimum absolute atomic E-state index is 0.266. The first kappa shape index (κ1) is 16.8. The quantitative estimate of drug-likeness (QED) is 0.681. The van der Waals surface area contributed by atoms with E-state index in [1.54, 1.807) is 25.1 Å². The molecule has 0 heterocycles. The lowest BCUT2D eigenvalue weighted by Gasteiger charge is -2.22. The van der Waals surface area contributed by atoms with Crippen LogP contribution in [0.5, 0.6) is 0 Å². The Labute approximate surface area is 150 Å². The summed E-state index contributed by atoms with van der Waals surface area (Å²) in [5.74, 6) is -2.35. The van der Waals surface area contributed by atoms with E-state index in [9.17, 15) is 13.2 Å². The van der Waals surface area contributed by atoms with E-state index in [1.165, 1.54) is 0 Å². The fourth-order valence-corrected chi connectivity index (χ4v) is 3.59. The number of nitrogens with one attached hydrogen (secondary N) is 2. The van der Waals surface area contributed by atoms with Crippen molar-refractivity contribution in [3.05, 3.63) is 71.8 Å². The maximum atomic E-state index is 14.8. The molecule has 0 amide bonds. The average molecular weight is 356 g/mol. The van der Waals surface area contributed by atoms with Crippen LogP contribution in [-0.2, 0) is 0 Å². The molecule has 134 valence electrons. The van der Waals surface area contributed by atoms with E-state index in [0.717, 1.165) is 17.8 Å². The highest BCUT2D eigenvalue weighted by Gasteiger charge is 2.57. The van der Waals surface area contributed by atoms with E-state index < -0.39 is 23.1 Å². The Morgan fingerprint density at radius 3 is 2.58 bits per heavy atom. The first-order chi connectivity index (χ1) is 12.3. The molecule has 0 aromatic heterocycles. The number of fused-ring (bicyclic) bond motifs is 1. The third-order valence-corrected chi connectivity index (χ3v) is 5.09. The Kier molecular flexibility index (Phi) is 3.65. The van der Waals surface area contributed by atoms with Gasteiger partial charge in [-0.05, 0) is 36.5 Å². The molecule has 0 radical (unpaired) electrons. The third-order valence-electron chi connectivity index (χ3n) is 5.09. The van der Waals surface area contributed by atoms with Gasteiger partial charge in [0.05, 0.1) is 5.56 Å². The van der Waals surface area contributed by atoms with Gasteiger partial charge in [-0.25, -0.2) is 13.2 Å². The average Bonchev–Trinajstić information content (AvgIpc) is 3.11. The molecule has 0 bridgehead atoms. The van der Waals surface area contributed by atoms with Crippen molar-refractivity contribution >= 4 is 11.4 Å². The Morgan fingerprint density at radius 1 is 1.19 bits per heavy atom. The summed E-state index contributed by atoms with van der Waals surface area (Å²) in [4.78, 5) is 0. The third kappa shape index (κ3) is 2.68. The van der Waals surface area contributed by atoms with Gasteiger partial charge in [-0.1, -0.05) is 31.7 Å². The summed E-state index contributed by atoms with van der Waals surface area (Å²) in [7, 11) is 0. The largest absolute Gasteiger partial charge is 0.359 e. The van der Waals surface area contributed by atoms with Crippen molar-refractivity contribution in [1.82, 2.24) is 0 Å². The van der Waals surface area contributed by atoms with Crippen LogP contribution in [0.15, 0.2) is 54.4 Å². The predicted octanol–water partition coefficient (Wildman–Crippen LogP) is 6.05. The summed E-state index contributed by atoms with van der Waals surface area (Å²) in [6.07, 6.45) is 3.34. The maximum Gasteiger partial charge on any atom is 0.160 e. The smallest absolute Gasteiger partial charge is 0.160 e. The van der Waals surface area contributed by atoms with Crippen LogP contribution in [0.2, 0.25) is 0 Å². The summed E-state index contributed by atoms with van der Waals surface area (Å²) in [6.45, 7) is 7.36. The second kappa shape index (κ2) is 5.66. The zero-order chi connectivity index (χ0) is 18.6. The van der Waals surface area contributed by atoms with Crippen LogP contribution in [0.4, 0.5) is 24.5 Å². The van der Waals surface area contributed by atoms with Crippen molar-refractivity contribution < 1.29 is 13.2 Å². The molecule has 2 aromatic carbocycles. The van der Waals surface area contributed by atoms with Gasteiger partial charge in [0.15, 0.2) is 11.6 Å². The van der Waals surface area contributed by atoms with Crippen molar-refractivity contribution in [2.24, 2.45) is 11.3 Å². The van der Waals surface area contributed by atoms with E-state index >= 15 is 0 Å². The molecule has 2 nitrogen and oxygen atoms in total. The second-order valence-corrected chi connectivity index (χ2v) is 7.38. The van der Waals surface area contributed by atoms with Crippen LogP contribution < -0.4 is 10.6 Å². The normalized spacial score (nSPS) is 22.8. The second-order valence-electron chi connectivity index (χ2n) is 7.38. The molecule has 0 saturated heterocycles. The molecule has 1 saturated carbocycles. The Bertz CT molecular complexity index is 964. The predicted molar refractivity (Wildman–Crippen MR) is 98.1 cm³/mol. The van der Waals surface area contributed by atoms with Gasteiger partial charge in [0.2, 0.25) is 0 Å². The minimum Gasteiger partial charge on any atom is -0.359 e. The summed E-state index contributed by atoms with van der Waals surface area (Å²) >= 11 is 0. The molecule has 2 aromatic rings. The van der Waals surface area contributed by atoms with E-state index in [2.05, 4.69) is 30.2 Å². The summed E-state index contributed by atoms with van der Waals surface area (Å²) in [5.41, 5.74) is 2.27. The van der Waals surface area contributed by atoms with Gasteiger partial charge >= 0.3 is 0 Å². The van der Waals surface area contributed by atoms with Crippen LogP contribution >= 0.6 is 0 Å². The van der Waals surface area contributed by atoms with Gasteiger partial charge in [0.1, 0.15) is 11.5 Å². The van der Waals surface area contributed by atoms with Gasteiger partial charge in [-0.15, -0.1) is 0 Å². The van der Waals surface area contributed by atoms with Gasteiger partial charge in [-0.3, -0.25) is 0 Å². The molecular formula is C21H19F3N2. The lowest BCUT2D eigenvalue weighted by atomic mass is 9.92. The summed E-state index contributed by atoms with van der Waals surface area (Å²) in [6, 6.07) is 7.52. The van der Waals surface area contributed by atoms with Gasteiger partial charge in [0.25, 0.3) is 0 Å². The monoisotopic (exact) mass is 356 g/mol. The van der Waals surface area contributed by atoms with Crippen molar-refractivity contribution in [2.45, 2.75) is 20.3 Å². The van der Waals surface area contributed by atoms with Crippen LogP contribution in [0.25, 0.3) is 11.1 Å². The van der Waals surface area contributed by atoms with E-state index in [0.29, 0.717) is 28.7 Å². The molecule has 0 spiro atoms. The van der Waals surface area contributed by atoms with E-state index in [-0.39, 0.29) is 5.56 Å². The maximum absolute atomic E-state index is 14.8. The fourth-order valence-electron chi connectivity index (χ4n) is 3.59. The molecule has 26 heavy (non-hydrogen) atoms. The number of allylic oxidation sites excluding steroid dienone is 3. The summed E-state index contributed by atoms with van der Waals surface area (Å²) in [5, 5.41) is 5.84. The highest BCUT2D eigenvalue weighted by Crippen LogP contribution is 2.65. The lowest BCUT2D eigenvalue weighted by Crippen LogP contribution is -2.15. The Morgan fingerprint density at radius 2 is 1.96 bits per heavy atom. The number of benzene rings is 2. The molecular weight excluding hydrogens is 337 g/mol. The van der Waals surface area contributed by atoms with Crippen LogP contribution in [-0.4, -0.2) is 0 Å². The first-order valence-electron chi connectivity index (χ1n) is 8.49. The number of hydrogen-bond acceptors (Lipinski definition) is 2. The minimum atomic E-state index is -0.992. The first-order valence-corrected chi connectivity index (χ1v) is 8.49. The van der Waals surface area contributed by atoms with Crippen molar-refractivity contribution in [3.63, 3.8) is 0 Å². The molecule has 2 N–H and O–H groups in total. The molecule has 2 atom stereocenters. The van der Waals surface area contributed by atoms with E-state index in [4.69, 9.17) is 0 Å². The molecule has 0 aliphatic heterocycles. The lowest BCUT2D eigenvalue weighted by molar-refractivity contribution is 0.553. The van der Waals surface area contributed by atoms with Crippen LogP contribution in [0, 0.1) is 28.8 Å². The molecule has 2 aliphatic rings. The topological polar surface area (TPSA) is 24.1 Å². The molecule has 4 rings (SSSR count). The summed E-state index contributed by atoms with van der Waals surface area (Å²) < 4.78 is 43.1. The van der Waals surface area contributed by atoms with Gasteiger partial charge in [-0.2, -0.15) is 0 Å². The van der Waals surface area contributed by atoms with Crippen molar-refractivity contribution in [3.8, 4) is 11.1 Å². The number of anilines is 2. The number of halogens is 3. The Balaban J connectivity index is 1.70. The van der Waals surface area contributed by atoms with Crippen molar-refractivity contribution in [2.75, 3.05) is 10.6 Å². The van der Waals surface area contributed by atoms with Gasteiger partial charge in [0, 0.05) is 29.1 Å². The molecule has 2 aliphatic carbocycles. The zero-order valence-electron chi connectivity index (χ0n) is 14.6. The molecule has 1 fully saturated rings.